The highest BCUT2D eigenvalue weighted by Gasteiger charge is 2.13. The second kappa shape index (κ2) is 8.66. The van der Waals surface area contributed by atoms with Crippen molar-refractivity contribution in [2.45, 2.75) is 32.0 Å². The van der Waals surface area contributed by atoms with E-state index in [0.717, 1.165) is 35.2 Å². The van der Waals surface area contributed by atoms with Gasteiger partial charge in [-0.2, -0.15) is 0 Å². The molecule has 0 aliphatic rings. The summed E-state index contributed by atoms with van der Waals surface area (Å²) in [4.78, 5) is 16.7. The van der Waals surface area contributed by atoms with Crippen LogP contribution in [0.2, 0.25) is 5.02 Å². The van der Waals surface area contributed by atoms with Crippen molar-refractivity contribution in [1.29, 1.82) is 0 Å². The van der Waals surface area contributed by atoms with E-state index in [0.29, 0.717) is 10.2 Å². The number of hydrogen-bond donors (Lipinski definition) is 1. The predicted molar refractivity (Wildman–Crippen MR) is 107 cm³/mol. The topological polar surface area (TPSA) is 72.7 Å². The number of thiazole rings is 1. The molecule has 0 fully saturated rings. The highest BCUT2D eigenvalue weighted by atomic mass is 35.5. The molecule has 0 aliphatic carbocycles. The van der Waals surface area contributed by atoms with Crippen molar-refractivity contribution in [2.75, 3.05) is 11.1 Å². The fraction of sp³-hybridized carbons (Fsp3) is 0.294. The van der Waals surface area contributed by atoms with Crippen LogP contribution in [0.15, 0.2) is 34.8 Å². The number of nitrogens with zero attached hydrogens (tertiary/aromatic N) is 4. The molecule has 0 radical (unpaired) electrons. The van der Waals surface area contributed by atoms with Crippen molar-refractivity contribution < 1.29 is 4.79 Å². The minimum atomic E-state index is -0.115. The van der Waals surface area contributed by atoms with Gasteiger partial charge in [0, 0.05) is 22.5 Å². The van der Waals surface area contributed by atoms with Gasteiger partial charge in [0.15, 0.2) is 10.3 Å². The van der Waals surface area contributed by atoms with Crippen LogP contribution in [-0.4, -0.2) is 31.4 Å². The minimum absolute atomic E-state index is 0.115. The molecule has 9 heteroatoms. The van der Waals surface area contributed by atoms with Crippen LogP contribution in [0.4, 0.5) is 5.13 Å². The smallest absolute Gasteiger partial charge is 0.236 e. The number of benzene rings is 1. The molecule has 1 N–H and O–H groups in total. The zero-order valence-electron chi connectivity index (χ0n) is 14.4. The van der Waals surface area contributed by atoms with E-state index >= 15 is 0 Å². The van der Waals surface area contributed by atoms with Crippen LogP contribution in [0.1, 0.15) is 19.2 Å². The number of hydrogen-bond acceptors (Lipinski definition) is 6. The standard InChI is InChI=1S/C17H18ClN5OS2/c1-3-8-23-11(2)21-22-17(23)26-10-15(24)20-16-19-14(9-25-16)12-4-6-13(18)7-5-12/h4-7,9H,3,8,10H2,1-2H3,(H,19,20,24). The molecule has 0 unspecified atom stereocenters. The number of carbonyl (C=O) groups is 1. The third-order valence-corrected chi connectivity index (χ3v) is 5.55. The Bertz CT molecular complexity index is 891. The van der Waals surface area contributed by atoms with E-state index in [4.69, 9.17) is 11.6 Å². The number of thioether (sulfide) groups is 1. The first-order chi connectivity index (χ1) is 12.6. The maximum absolute atomic E-state index is 12.2. The molecule has 3 aromatic rings. The Morgan fingerprint density at radius 3 is 2.81 bits per heavy atom. The number of nitrogens with one attached hydrogen (secondary N) is 1. The fourth-order valence-corrected chi connectivity index (χ4v) is 3.99. The van der Waals surface area contributed by atoms with Gasteiger partial charge in [0.05, 0.1) is 11.4 Å². The van der Waals surface area contributed by atoms with Crippen molar-refractivity contribution >= 4 is 45.7 Å². The molecule has 0 saturated heterocycles. The highest BCUT2D eigenvalue weighted by molar-refractivity contribution is 7.99. The molecule has 1 amide bonds. The number of amides is 1. The molecule has 26 heavy (non-hydrogen) atoms. The Kier molecular flexibility index (Phi) is 6.29. The summed E-state index contributed by atoms with van der Waals surface area (Å²) < 4.78 is 2.03. The molecule has 0 bridgehead atoms. The Morgan fingerprint density at radius 2 is 2.08 bits per heavy atom. The van der Waals surface area contributed by atoms with Crippen LogP contribution >= 0.6 is 34.7 Å². The van der Waals surface area contributed by atoms with E-state index in [9.17, 15) is 4.79 Å². The lowest BCUT2D eigenvalue weighted by Gasteiger charge is -2.06. The van der Waals surface area contributed by atoms with Gasteiger partial charge in [-0.3, -0.25) is 4.79 Å². The summed E-state index contributed by atoms with van der Waals surface area (Å²) in [5, 5.41) is 15.0. The Labute approximate surface area is 165 Å². The van der Waals surface area contributed by atoms with Gasteiger partial charge < -0.3 is 9.88 Å². The lowest BCUT2D eigenvalue weighted by Crippen LogP contribution is -2.14. The molecule has 0 spiro atoms. The van der Waals surface area contributed by atoms with E-state index < -0.39 is 0 Å². The summed E-state index contributed by atoms with van der Waals surface area (Å²) >= 11 is 8.68. The normalized spacial score (nSPS) is 10.9. The summed E-state index contributed by atoms with van der Waals surface area (Å²) in [5.74, 6) is 1.01. The molecule has 2 heterocycles. The van der Waals surface area contributed by atoms with Crippen LogP contribution in [0.3, 0.4) is 0 Å². The van der Waals surface area contributed by atoms with E-state index in [1.165, 1.54) is 23.1 Å². The molecule has 1 aromatic carbocycles. The zero-order chi connectivity index (χ0) is 18.5. The Hall–Kier alpha value is -1.90. The summed E-state index contributed by atoms with van der Waals surface area (Å²) in [7, 11) is 0. The highest BCUT2D eigenvalue weighted by Crippen LogP contribution is 2.26. The minimum Gasteiger partial charge on any atom is -0.306 e. The number of aryl methyl sites for hydroxylation is 1. The zero-order valence-corrected chi connectivity index (χ0v) is 16.8. The SMILES string of the molecule is CCCn1c(C)nnc1SCC(=O)Nc1nc(-c2ccc(Cl)cc2)cs1. The van der Waals surface area contributed by atoms with Gasteiger partial charge in [0.2, 0.25) is 5.91 Å². The third-order valence-electron chi connectivity index (χ3n) is 3.57. The lowest BCUT2D eigenvalue weighted by atomic mass is 10.2. The number of anilines is 1. The van der Waals surface area contributed by atoms with Gasteiger partial charge >= 0.3 is 0 Å². The number of rotatable bonds is 7. The van der Waals surface area contributed by atoms with E-state index in [1.807, 2.05) is 41.1 Å². The fourth-order valence-electron chi connectivity index (χ4n) is 2.32. The van der Waals surface area contributed by atoms with Gasteiger partial charge in [-0.15, -0.1) is 21.5 Å². The maximum atomic E-state index is 12.2. The Balaban J connectivity index is 1.58. The van der Waals surface area contributed by atoms with Crippen molar-refractivity contribution in [2.24, 2.45) is 0 Å². The van der Waals surface area contributed by atoms with E-state index in [-0.39, 0.29) is 11.7 Å². The Morgan fingerprint density at radius 1 is 1.31 bits per heavy atom. The monoisotopic (exact) mass is 407 g/mol. The average molecular weight is 408 g/mol. The van der Waals surface area contributed by atoms with Crippen LogP contribution in [-0.2, 0) is 11.3 Å². The summed E-state index contributed by atoms with van der Waals surface area (Å²) in [6.07, 6.45) is 0.991. The van der Waals surface area contributed by atoms with Gasteiger partial charge in [0.25, 0.3) is 0 Å². The third kappa shape index (κ3) is 4.63. The summed E-state index contributed by atoms with van der Waals surface area (Å²) in [6.45, 7) is 4.86. The van der Waals surface area contributed by atoms with Gasteiger partial charge in [-0.1, -0.05) is 42.4 Å². The van der Waals surface area contributed by atoms with Crippen LogP contribution in [0.5, 0.6) is 0 Å². The number of halogens is 1. The van der Waals surface area contributed by atoms with E-state index in [2.05, 4.69) is 27.4 Å². The first-order valence-corrected chi connectivity index (χ1v) is 10.3. The number of carbonyl (C=O) groups excluding carboxylic acids is 1. The second-order valence-corrected chi connectivity index (χ2v) is 7.80. The largest absolute Gasteiger partial charge is 0.306 e. The number of aromatic nitrogens is 4. The molecular weight excluding hydrogens is 390 g/mol. The van der Waals surface area contributed by atoms with Crippen molar-refractivity contribution in [3.63, 3.8) is 0 Å². The lowest BCUT2D eigenvalue weighted by molar-refractivity contribution is -0.113. The van der Waals surface area contributed by atoms with Crippen LogP contribution in [0, 0.1) is 6.92 Å². The van der Waals surface area contributed by atoms with Gasteiger partial charge in [-0.05, 0) is 25.5 Å². The van der Waals surface area contributed by atoms with Crippen LogP contribution < -0.4 is 5.32 Å². The van der Waals surface area contributed by atoms with Crippen LogP contribution in [0.25, 0.3) is 11.3 Å². The average Bonchev–Trinajstić information content (AvgIpc) is 3.22. The molecule has 0 atom stereocenters. The second-order valence-electron chi connectivity index (χ2n) is 5.56. The molecule has 0 saturated carbocycles. The predicted octanol–water partition coefficient (Wildman–Crippen LogP) is 4.50. The van der Waals surface area contributed by atoms with Gasteiger partial charge in [0.1, 0.15) is 5.82 Å². The maximum Gasteiger partial charge on any atom is 0.236 e. The summed E-state index contributed by atoms with van der Waals surface area (Å²) in [6, 6.07) is 7.45. The van der Waals surface area contributed by atoms with Crippen molar-refractivity contribution in [1.82, 2.24) is 19.7 Å². The molecule has 0 aliphatic heterocycles. The van der Waals surface area contributed by atoms with Crippen molar-refractivity contribution in [3.05, 3.63) is 40.5 Å². The molecule has 136 valence electrons. The molecule has 3 rings (SSSR count). The first kappa shape index (κ1) is 18.9. The van der Waals surface area contributed by atoms with Crippen molar-refractivity contribution in [3.8, 4) is 11.3 Å². The van der Waals surface area contributed by atoms with E-state index in [1.54, 1.807) is 0 Å². The first-order valence-electron chi connectivity index (χ1n) is 8.10. The molecule has 6 nitrogen and oxygen atoms in total. The summed E-state index contributed by atoms with van der Waals surface area (Å²) in [5.41, 5.74) is 1.77. The van der Waals surface area contributed by atoms with Gasteiger partial charge in [-0.25, -0.2) is 4.98 Å². The molecule has 2 aromatic heterocycles. The quantitative estimate of drug-likeness (QED) is 0.583. The molecular formula is C17H18ClN5OS2.